The van der Waals surface area contributed by atoms with Crippen molar-refractivity contribution in [3.05, 3.63) is 9.81 Å². The van der Waals surface area contributed by atoms with Crippen molar-refractivity contribution in [3.8, 4) is 0 Å². The van der Waals surface area contributed by atoms with E-state index in [1.807, 2.05) is 0 Å². The Morgan fingerprint density at radius 2 is 1.25 bits per heavy atom. The van der Waals surface area contributed by atoms with Gasteiger partial charge in [-0.25, -0.2) is 0 Å². The SMILES string of the molecule is O=C/C(S)=C(\S)C=O. The molecule has 0 saturated heterocycles. The highest BCUT2D eigenvalue weighted by Crippen LogP contribution is 2.05. The molecule has 0 aliphatic carbocycles. The van der Waals surface area contributed by atoms with E-state index in [-0.39, 0.29) is 9.81 Å². The molecule has 0 spiro atoms. The second kappa shape index (κ2) is 3.74. The normalized spacial score (nSPS) is 12.2. The van der Waals surface area contributed by atoms with Crippen LogP contribution in [-0.2, 0) is 9.59 Å². The van der Waals surface area contributed by atoms with Gasteiger partial charge in [0.05, 0.1) is 9.81 Å². The molecule has 0 aromatic rings. The highest BCUT2D eigenvalue weighted by atomic mass is 32.1. The smallest absolute Gasteiger partial charge is 0.157 e. The van der Waals surface area contributed by atoms with Crippen molar-refractivity contribution in [2.45, 2.75) is 0 Å². The van der Waals surface area contributed by atoms with Crippen molar-refractivity contribution < 1.29 is 9.59 Å². The third kappa shape index (κ3) is 2.18. The quantitative estimate of drug-likeness (QED) is 0.339. The van der Waals surface area contributed by atoms with E-state index in [0.29, 0.717) is 12.6 Å². The van der Waals surface area contributed by atoms with Crippen LogP contribution < -0.4 is 0 Å². The molecule has 0 radical (unpaired) electrons. The molecule has 0 aliphatic rings. The number of carbonyl (C=O) groups excluding carboxylic acids is 2. The maximum atomic E-state index is 9.76. The summed E-state index contributed by atoms with van der Waals surface area (Å²) in [4.78, 5) is 19.6. The maximum absolute atomic E-state index is 9.76. The zero-order chi connectivity index (χ0) is 6.57. The molecule has 2 nitrogen and oxygen atoms in total. The molecule has 0 saturated carbocycles. The molecule has 4 heteroatoms. The summed E-state index contributed by atoms with van der Waals surface area (Å²) >= 11 is 7.22. The van der Waals surface area contributed by atoms with Gasteiger partial charge in [-0.05, 0) is 0 Å². The van der Waals surface area contributed by atoms with Crippen LogP contribution in [0.1, 0.15) is 0 Å². The van der Waals surface area contributed by atoms with Gasteiger partial charge in [0, 0.05) is 0 Å². The Kier molecular flexibility index (Phi) is 3.64. The first-order valence-electron chi connectivity index (χ1n) is 1.75. The number of hydrogen-bond donors (Lipinski definition) is 2. The Labute approximate surface area is 57.8 Å². The van der Waals surface area contributed by atoms with Gasteiger partial charge in [-0.3, -0.25) is 9.59 Å². The van der Waals surface area contributed by atoms with Gasteiger partial charge in [-0.2, -0.15) is 0 Å². The number of rotatable bonds is 2. The summed E-state index contributed by atoms with van der Waals surface area (Å²) in [6.45, 7) is 0. The van der Waals surface area contributed by atoms with Crippen molar-refractivity contribution >= 4 is 37.8 Å². The molecular weight excluding hydrogens is 144 g/mol. The molecule has 8 heavy (non-hydrogen) atoms. The fourth-order valence-electron chi connectivity index (χ4n) is 0.121. The third-order valence-corrected chi connectivity index (χ3v) is 1.35. The van der Waals surface area contributed by atoms with Crippen molar-refractivity contribution in [2.24, 2.45) is 0 Å². The Morgan fingerprint density at radius 1 is 1.00 bits per heavy atom. The molecule has 0 atom stereocenters. The molecule has 0 aliphatic heterocycles. The van der Waals surface area contributed by atoms with Crippen molar-refractivity contribution in [1.82, 2.24) is 0 Å². The van der Waals surface area contributed by atoms with E-state index >= 15 is 0 Å². The van der Waals surface area contributed by atoms with E-state index < -0.39 is 0 Å². The predicted molar refractivity (Wildman–Crippen MR) is 37.1 cm³/mol. The lowest BCUT2D eigenvalue weighted by molar-refractivity contribution is -0.106. The molecule has 0 rings (SSSR count). The van der Waals surface area contributed by atoms with Gasteiger partial charge in [0.25, 0.3) is 0 Å². The second-order valence-corrected chi connectivity index (χ2v) is 1.97. The van der Waals surface area contributed by atoms with E-state index in [9.17, 15) is 9.59 Å². The first-order valence-corrected chi connectivity index (χ1v) is 2.64. The number of thiol groups is 2. The lowest BCUT2D eigenvalue weighted by Gasteiger charge is -1.83. The van der Waals surface area contributed by atoms with E-state index in [2.05, 4.69) is 25.3 Å². The van der Waals surface area contributed by atoms with E-state index in [0.717, 1.165) is 0 Å². The zero-order valence-corrected chi connectivity index (χ0v) is 5.65. The van der Waals surface area contributed by atoms with Crippen LogP contribution >= 0.6 is 25.3 Å². The van der Waals surface area contributed by atoms with Crippen molar-refractivity contribution in [1.29, 1.82) is 0 Å². The average Bonchev–Trinajstić information content (AvgIpc) is 1.84. The summed E-state index contributed by atoms with van der Waals surface area (Å²) in [6, 6.07) is 0. The summed E-state index contributed by atoms with van der Waals surface area (Å²) < 4.78 is 0. The van der Waals surface area contributed by atoms with Gasteiger partial charge < -0.3 is 0 Å². The van der Waals surface area contributed by atoms with Crippen molar-refractivity contribution in [2.75, 3.05) is 0 Å². The monoisotopic (exact) mass is 148 g/mol. The third-order valence-electron chi connectivity index (χ3n) is 0.486. The lowest BCUT2D eigenvalue weighted by Crippen LogP contribution is -1.79. The van der Waals surface area contributed by atoms with Crippen LogP contribution in [0.4, 0.5) is 0 Å². The Bertz CT molecular complexity index is 123. The Hall–Kier alpha value is -0.220. The van der Waals surface area contributed by atoms with Crippen LogP contribution in [0.3, 0.4) is 0 Å². The average molecular weight is 148 g/mol. The molecule has 44 valence electrons. The zero-order valence-electron chi connectivity index (χ0n) is 3.87. The molecular formula is C4H4O2S2. The molecule has 0 amide bonds. The highest BCUT2D eigenvalue weighted by molar-refractivity contribution is 7.89. The molecule has 0 unspecified atom stereocenters. The van der Waals surface area contributed by atoms with Gasteiger partial charge in [0.1, 0.15) is 0 Å². The second-order valence-electron chi connectivity index (χ2n) is 1.01. The Balaban J connectivity index is 4.25. The molecule has 0 N–H and O–H groups in total. The fraction of sp³-hybridized carbons (Fsp3) is 0. The summed E-state index contributed by atoms with van der Waals surface area (Å²) in [5.74, 6) is 0. The van der Waals surface area contributed by atoms with E-state index in [4.69, 9.17) is 0 Å². The minimum absolute atomic E-state index is 0.0586. The lowest BCUT2D eigenvalue weighted by atomic mass is 10.5. The topological polar surface area (TPSA) is 34.1 Å². The molecule has 0 heterocycles. The number of aldehydes is 2. The van der Waals surface area contributed by atoms with Crippen LogP contribution in [0.5, 0.6) is 0 Å². The van der Waals surface area contributed by atoms with Gasteiger partial charge in [0.15, 0.2) is 12.6 Å². The van der Waals surface area contributed by atoms with Crippen molar-refractivity contribution in [3.63, 3.8) is 0 Å². The minimum Gasteiger partial charge on any atom is -0.297 e. The van der Waals surface area contributed by atoms with Crippen LogP contribution in [0.25, 0.3) is 0 Å². The molecule has 0 bridgehead atoms. The van der Waals surface area contributed by atoms with Crippen LogP contribution in [0, 0.1) is 0 Å². The maximum Gasteiger partial charge on any atom is 0.157 e. The fourth-order valence-corrected chi connectivity index (χ4v) is 0.226. The van der Waals surface area contributed by atoms with Gasteiger partial charge in [0.2, 0.25) is 0 Å². The van der Waals surface area contributed by atoms with E-state index in [1.54, 1.807) is 0 Å². The van der Waals surface area contributed by atoms with Gasteiger partial charge >= 0.3 is 0 Å². The number of carbonyl (C=O) groups is 2. The summed E-state index contributed by atoms with van der Waals surface area (Å²) in [6.07, 6.45) is 0.916. The van der Waals surface area contributed by atoms with E-state index in [1.165, 1.54) is 0 Å². The highest BCUT2D eigenvalue weighted by Gasteiger charge is 1.91. The Morgan fingerprint density at radius 3 is 1.38 bits per heavy atom. The summed E-state index contributed by atoms with van der Waals surface area (Å²) in [5, 5.41) is 0. The minimum atomic E-state index is 0.0586. The summed E-state index contributed by atoms with van der Waals surface area (Å²) in [5.41, 5.74) is 0. The summed E-state index contributed by atoms with van der Waals surface area (Å²) in [7, 11) is 0. The largest absolute Gasteiger partial charge is 0.297 e. The van der Waals surface area contributed by atoms with Crippen LogP contribution in [-0.4, -0.2) is 12.6 Å². The standard InChI is InChI=1S/C4H4O2S2/c5-1-3(7)4(8)2-6/h1-2,7-8H/b4-3+. The van der Waals surface area contributed by atoms with Crippen LogP contribution in [0.2, 0.25) is 0 Å². The molecule has 0 aromatic heterocycles. The first kappa shape index (κ1) is 7.78. The molecule has 0 aromatic carbocycles. The van der Waals surface area contributed by atoms with Crippen LogP contribution in [0.15, 0.2) is 9.81 Å². The van der Waals surface area contributed by atoms with Gasteiger partial charge in [-0.15, -0.1) is 25.3 Å². The number of allylic oxidation sites excluding steroid dienone is 2. The molecule has 0 fully saturated rings. The van der Waals surface area contributed by atoms with Gasteiger partial charge in [-0.1, -0.05) is 0 Å². The first-order chi connectivity index (χ1) is 3.72. The predicted octanol–water partition coefficient (Wildman–Crippen LogP) is 0.455. The number of hydrogen-bond acceptors (Lipinski definition) is 4.